The summed E-state index contributed by atoms with van der Waals surface area (Å²) in [5.41, 5.74) is 6.78. The van der Waals surface area contributed by atoms with Gasteiger partial charge in [0.15, 0.2) is 5.69 Å². The first-order valence-corrected chi connectivity index (χ1v) is 15.9. The Morgan fingerprint density at radius 1 is 0.905 bits per heavy atom. The minimum absolute atomic E-state index is 0.0129. The fraction of sp³-hybridized carbons (Fsp3) is 0.656. The molecule has 3 N–H and O–H groups in total. The second-order valence-electron chi connectivity index (χ2n) is 13.0. The van der Waals surface area contributed by atoms with Crippen LogP contribution in [0.1, 0.15) is 102 Å². The molecule has 0 radical (unpaired) electrons. The number of carboxylic acid groups (broad SMARTS) is 1. The van der Waals surface area contributed by atoms with Crippen molar-refractivity contribution < 1.29 is 19.5 Å². The summed E-state index contributed by atoms with van der Waals surface area (Å²) in [6.07, 6.45) is 15.0. The van der Waals surface area contributed by atoms with E-state index in [0.29, 0.717) is 23.6 Å². The van der Waals surface area contributed by atoms with Gasteiger partial charge in [-0.25, -0.2) is 9.78 Å². The molecule has 4 aliphatic rings. The third-order valence-electron chi connectivity index (χ3n) is 10.2. The molecule has 0 unspecified atom stereocenters. The molecule has 0 spiro atoms. The molecule has 10 heteroatoms. The highest BCUT2D eigenvalue weighted by atomic mass is 16.6. The van der Waals surface area contributed by atoms with Gasteiger partial charge in [0.25, 0.3) is 5.56 Å². The van der Waals surface area contributed by atoms with Crippen molar-refractivity contribution in [2.45, 2.75) is 114 Å². The molecule has 2 aliphatic carbocycles. The number of aromatic nitrogens is 2. The maximum atomic E-state index is 14.3. The first-order valence-electron chi connectivity index (χ1n) is 15.9. The SMILES string of the molecule is NC(=O)CC/C(=N\OCC(=O)O)c1nc2ccccc2n([C@H]2C[C@H]3CCC[C@@H](C2)N3[C@@H]2C[C@@H]3CCCC[C@@H](C3)C2)c1=O. The Labute approximate surface area is 246 Å². The molecule has 4 bridgehead atoms. The lowest BCUT2D eigenvalue weighted by Crippen LogP contribution is -2.58. The number of nitrogens with zero attached hydrogens (tertiary/aromatic N) is 4. The summed E-state index contributed by atoms with van der Waals surface area (Å²) in [5, 5.41) is 13.0. The molecule has 10 nitrogen and oxygen atoms in total. The van der Waals surface area contributed by atoms with Crippen LogP contribution in [0.25, 0.3) is 11.0 Å². The van der Waals surface area contributed by atoms with Gasteiger partial charge in [-0.2, -0.15) is 0 Å². The molecule has 226 valence electrons. The van der Waals surface area contributed by atoms with Crippen LogP contribution in [0.4, 0.5) is 0 Å². The highest BCUT2D eigenvalue weighted by Crippen LogP contribution is 2.47. The van der Waals surface area contributed by atoms with Crippen molar-refractivity contribution in [2.75, 3.05) is 6.61 Å². The molecular formula is C32H43N5O5. The summed E-state index contributed by atoms with van der Waals surface area (Å²) in [7, 11) is 0. The number of amides is 1. The van der Waals surface area contributed by atoms with Crippen LogP contribution in [0.5, 0.6) is 0 Å². The number of carbonyl (C=O) groups excluding carboxylic acids is 1. The van der Waals surface area contributed by atoms with Gasteiger partial charge < -0.3 is 20.2 Å². The highest BCUT2D eigenvalue weighted by Gasteiger charge is 2.45. The second-order valence-corrected chi connectivity index (χ2v) is 13.0. The zero-order valence-corrected chi connectivity index (χ0v) is 24.3. The third-order valence-corrected chi connectivity index (χ3v) is 10.2. The Kier molecular flexibility index (Phi) is 8.60. The molecule has 2 aromatic rings. The summed E-state index contributed by atoms with van der Waals surface area (Å²) in [4.78, 5) is 49.5. The number of piperidine rings is 2. The molecule has 6 atom stereocenters. The molecule has 1 aromatic heterocycles. The summed E-state index contributed by atoms with van der Waals surface area (Å²) in [6, 6.07) is 9.21. The molecule has 2 saturated carbocycles. The van der Waals surface area contributed by atoms with E-state index in [0.717, 1.165) is 43.0 Å². The number of benzene rings is 1. The maximum absolute atomic E-state index is 14.3. The van der Waals surface area contributed by atoms with E-state index in [1.54, 1.807) is 0 Å². The van der Waals surface area contributed by atoms with Gasteiger partial charge >= 0.3 is 5.97 Å². The Balaban J connectivity index is 1.34. The largest absolute Gasteiger partial charge is 0.479 e. The van der Waals surface area contributed by atoms with Crippen molar-refractivity contribution in [3.8, 4) is 0 Å². The predicted molar refractivity (Wildman–Crippen MR) is 159 cm³/mol. The fourth-order valence-corrected chi connectivity index (χ4v) is 8.63. The number of carbonyl (C=O) groups is 2. The lowest BCUT2D eigenvalue weighted by molar-refractivity contribution is -0.142. The standard InChI is InChI=1S/C32H43N5O5/c33-29(38)13-12-27(35-42-19-30(39)40)31-32(41)37(28-11-4-3-10-26(28)34-31)25-17-22-8-5-9-23(18-25)36(22)24-15-20-6-1-2-7-21(14-20)16-24/h3-4,10-11,20-25H,1-2,5-9,12-19H2,(H2,33,38)(H,39,40)/b35-27+/t20-,21+,22-,23+,24-,25+. The average molecular weight is 578 g/mol. The van der Waals surface area contributed by atoms with Crippen LogP contribution < -0.4 is 11.3 Å². The third kappa shape index (κ3) is 6.09. The van der Waals surface area contributed by atoms with E-state index in [1.165, 1.54) is 51.4 Å². The molecule has 3 heterocycles. The van der Waals surface area contributed by atoms with Crippen molar-refractivity contribution in [1.29, 1.82) is 0 Å². The van der Waals surface area contributed by atoms with Crippen LogP contribution in [0.2, 0.25) is 0 Å². The second kappa shape index (κ2) is 12.5. The molecule has 4 fully saturated rings. The number of aliphatic carboxylic acids is 1. The lowest BCUT2D eigenvalue weighted by atomic mass is 9.73. The van der Waals surface area contributed by atoms with E-state index in [1.807, 2.05) is 28.8 Å². The molecular weight excluding hydrogens is 534 g/mol. The smallest absolute Gasteiger partial charge is 0.344 e. The minimum atomic E-state index is -1.19. The number of fused-ring (bicyclic) bond motifs is 5. The number of oxime groups is 1. The minimum Gasteiger partial charge on any atom is -0.479 e. The zero-order valence-electron chi connectivity index (χ0n) is 24.3. The monoisotopic (exact) mass is 577 g/mol. The van der Waals surface area contributed by atoms with Crippen LogP contribution in [0.15, 0.2) is 34.2 Å². The maximum Gasteiger partial charge on any atom is 0.344 e. The van der Waals surface area contributed by atoms with E-state index in [4.69, 9.17) is 15.7 Å². The van der Waals surface area contributed by atoms with Gasteiger partial charge in [-0.05, 0) is 68.9 Å². The van der Waals surface area contributed by atoms with Crippen molar-refractivity contribution in [2.24, 2.45) is 22.7 Å². The van der Waals surface area contributed by atoms with Gasteiger partial charge in [0.05, 0.1) is 11.0 Å². The number of hydrogen-bond donors (Lipinski definition) is 2. The molecule has 2 aliphatic heterocycles. The summed E-state index contributed by atoms with van der Waals surface area (Å²) < 4.78 is 1.90. The van der Waals surface area contributed by atoms with Crippen molar-refractivity contribution in [3.05, 3.63) is 40.3 Å². The quantitative estimate of drug-likeness (QED) is 0.333. The number of rotatable bonds is 9. The summed E-state index contributed by atoms with van der Waals surface area (Å²) in [6.45, 7) is -0.660. The van der Waals surface area contributed by atoms with Gasteiger partial charge in [0, 0.05) is 37.0 Å². The van der Waals surface area contributed by atoms with Crippen molar-refractivity contribution in [1.82, 2.24) is 14.5 Å². The normalized spacial score (nSPS) is 30.0. The molecule has 1 amide bonds. The Morgan fingerprint density at radius 2 is 1.60 bits per heavy atom. The van der Waals surface area contributed by atoms with Crippen molar-refractivity contribution >= 4 is 28.6 Å². The van der Waals surface area contributed by atoms with Crippen LogP contribution in [0.3, 0.4) is 0 Å². The number of primary amides is 1. The van der Waals surface area contributed by atoms with Crippen LogP contribution in [-0.4, -0.2) is 61.9 Å². The first kappa shape index (κ1) is 28.8. The predicted octanol–water partition coefficient (Wildman–Crippen LogP) is 4.38. The molecule has 2 saturated heterocycles. The van der Waals surface area contributed by atoms with Gasteiger partial charge in [0.2, 0.25) is 12.5 Å². The van der Waals surface area contributed by atoms with Crippen molar-refractivity contribution in [3.63, 3.8) is 0 Å². The number of carboxylic acids is 1. The summed E-state index contributed by atoms with van der Waals surface area (Å²) >= 11 is 0. The number of para-hydroxylation sites is 2. The van der Waals surface area contributed by atoms with Gasteiger partial charge in [-0.3, -0.25) is 14.5 Å². The van der Waals surface area contributed by atoms with Gasteiger partial charge in [-0.15, -0.1) is 0 Å². The Morgan fingerprint density at radius 3 is 2.26 bits per heavy atom. The highest BCUT2D eigenvalue weighted by molar-refractivity contribution is 6.01. The summed E-state index contributed by atoms with van der Waals surface area (Å²) in [5.74, 6) is -0.00634. The van der Waals surface area contributed by atoms with E-state index in [2.05, 4.69) is 15.0 Å². The molecule has 6 rings (SSSR count). The van der Waals surface area contributed by atoms with Crippen LogP contribution >= 0.6 is 0 Å². The molecule has 1 aromatic carbocycles. The topological polar surface area (TPSA) is 140 Å². The Hall–Kier alpha value is -3.27. The van der Waals surface area contributed by atoms with Crippen LogP contribution in [0, 0.1) is 11.8 Å². The number of nitrogens with two attached hydrogens (primary N) is 1. The van der Waals surface area contributed by atoms with E-state index < -0.39 is 18.5 Å². The average Bonchev–Trinajstić information content (AvgIpc) is 3.12. The van der Waals surface area contributed by atoms with Crippen LogP contribution in [-0.2, 0) is 14.4 Å². The van der Waals surface area contributed by atoms with E-state index >= 15 is 0 Å². The zero-order chi connectivity index (χ0) is 29.2. The van der Waals surface area contributed by atoms with Gasteiger partial charge in [0.1, 0.15) is 5.71 Å². The van der Waals surface area contributed by atoms with E-state index in [-0.39, 0.29) is 35.8 Å². The van der Waals surface area contributed by atoms with E-state index in [9.17, 15) is 14.4 Å². The Bertz CT molecular complexity index is 1380. The molecule has 42 heavy (non-hydrogen) atoms. The fourth-order valence-electron chi connectivity index (χ4n) is 8.63. The van der Waals surface area contributed by atoms with Gasteiger partial charge in [-0.1, -0.05) is 49.4 Å². The first-order chi connectivity index (χ1) is 20.4. The lowest BCUT2D eigenvalue weighted by Gasteiger charge is -2.54. The number of hydrogen-bond acceptors (Lipinski definition) is 7.